The molecule has 2 atom stereocenters. The van der Waals surface area contributed by atoms with Crippen LogP contribution in [0.25, 0.3) is 0 Å². The molecule has 1 fully saturated rings. The van der Waals surface area contributed by atoms with Crippen LogP contribution in [0.1, 0.15) is 30.8 Å². The van der Waals surface area contributed by atoms with Crippen molar-refractivity contribution in [1.29, 1.82) is 0 Å². The first kappa shape index (κ1) is 13.1. The molecule has 3 rings (SSSR count). The van der Waals surface area contributed by atoms with Gasteiger partial charge < -0.3 is 9.73 Å². The van der Waals surface area contributed by atoms with Gasteiger partial charge in [-0.2, -0.15) is 0 Å². The predicted octanol–water partition coefficient (Wildman–Crippen LogP) is 5.43. The Morgan fingerprint density at radius 1 is 1.37 bits per heavy atom. The second-order valence-corrected chi connectivity index (χ2v) is 6.28. The van der Waals surface area contributed by atoms with Crippen LogP contribution in [0.4, 0.5) is 5.69 Å². The van der Waals surface area contributed by atoms with Gasteiger partial charge in [0, 0.05) is 5.92 Å². The molecule has 1 aromatic heterocycles. The molecule has 0 aliphatic heterocycles. The van der Waals surface area contributed by atoms with Crippen molar-refractivity contribution in [1.82, 2.24) is 0 Å². The lowest BCUT2D eigenvalue weighted by Crippen LogP contribution is -1.98. The molecule has 1 aliphatic rings. The molecule has 1 heterocycles. The Hall–Kier alpha value is -0.930. The largest absolute Gasteiger partial charge is 0.464 e. The van der Waals surface area contributed by atoms with Crippen LogP contribution >= 0.6 is 27.5 Å². The molecular weight excluding hydrogens is 326 g/mol. The second kappa shape index (κ2) is 5.22. The summed E-state index contributed by atoms with van der Waals surface area (Å²) in [6.45, 7) is 2.92. The van der Waals surface area contributed by atoms with Crippen molar-refractivity contribution in [3.05, 3.63) is 51.3 Å². The zero-order valence-electron chi connectivity index (χ0n) is 10.6. The minimum absolute atomic E-state index is 0.631. The first-order valence-electron chi connectivity index (χ1n) is 6.41. The molecular formula is C15H15BrClNO. The van der Waals surface area contributed by atoms with Crippen LogP contribution < -0.4 is 5.32 Å². The molecule has 0 bridgehead atoms. The Labute approximate surface area is 126 Å². The van der Waals surface area contributed by atoms with Gasteiger partial charge in [-0.1, -0.05) is 24.6 Å². The fourth-order valence-electron chi connectivity index (χ4n) is 2.23. The van der Waals surface area contributed by atoms with Crippen molar-refractivity contribution in [2.75, 3.05) is 5.32 Å². The normalized spacial score (nSPS) is 21.4. The van der Waals surface area contributed by atoms with Gasteiger partial charge in [-0.25, -0.2) is 0 Å². The van der Waals surface area contributed by atoms with E-state index in [1.807, 2.05) is 24.3 Å². The standard InChI is InChI=1S/C15H15BrClNO/c1-9-7-11(9)14-6-5-10(19-14)8-18-13-4-2-3-12(17)15(13)16/h2-6,9,11,18H,7-8H2,1H3. The average Bonchev–Trinajstić information content (AvgIpc) is 2.94. The van der Waals surface area contributed by atoms with E-state index in [0.717, 1.165) is 27.6 Å². The van der Waals surface area contributed by atoms with Crippen molar-refractivity contribution < 1.29 is 4.42 Å². The summed E-state index contributed by atoms with van der Waals surface area (Å²) in [5.41, 5.74) is 0.977. The SMILES string of the molecule is CC1CC1c1ccc(CNc2cccc(Cl)c2Br)o1. The summed E-state index contributed by atoms with van der Waals surface area (Å²) >= 11 is 9.53. The fourth-order valence-corrected chi connectivity index (χ4v) is 2.81. The summed E-state index contributed by atoms with van der Waals surface area (Å²) in [4.78, 5) is 0. The molecule has 0 saturated heterocycles. The third-order valence-electron chi connectivity index (χ3n) is 3.56. The van der Waals surface area contributed by atoms with E-state index < -0.39 is 0 Å². The smallest absolute Gasteiger partial charge is 0.123 e. The van der Waals surface area contributed by atoms with Gasteiger partial charge in [0.05, 0.1) is 21.7 Å². The maximum absolute atomic E-state index is 6.06. The molecule has 1 saturated carbocycles. The highest BCUT2D eigenvalue weighted by molar-refractivity contribution is 9.10. The number of furan rings is 1. The lowest BCUT2D eigenvalue weighted by atomic mass is 10.3. The van der Waals surface area contributed by atoms with E-state index in [4.69, 9.17) is 16.0 Å². The fraction of sp³-hybridized carbons (Fsp3) is 0.333. The van der Waals surface area contributed by atoms with Crippen molar-refractivity contribution in [2.24, 2.45) is 5.92 Å². The highest BCUT2D eigenvalue weighted by Gasteiger charge is 2.36. The van der Waals surface area contributed by atoms with E-state index in [1.54, 1.807) is 0 Å². The third kappa shape index (κ3) is 2.82. The van der Waals surface area contributed by atoms with E-state index >= 15 is 0 Å². The summed E-state index contributed by atoms with van der Waals surface area (Å²) in [5.74, 6) is 3.48. The monoisotopic (exact) mass is 339 g/mol. The van der Waals surface area contributed by atoms with E-state index in [-0.39, 0.29) is 0 Å². The van der Waals surface area contributed by atoms with Gasteiger partial charge in [-0.15, -0.1) is 0 Å². The molecule has 19 heavy (non-hydrogen) atoms. The summed E-state index contributed by atoms with van der Waals surface area (Å²) in [7, 11) is 0. The van der Waals surface area contributed by atoms with Crippen LogP contribution in [-0.4, -0.2) is 0 Å². The second-order valence-electron chi connectivity index (χ2n) is 5.08. The number of anilines is 1. The Morgan fingerprint density at radius 3 is 2.89 bits per heavy atom. The van der Waals surface area contributed by atoms with Gasteiger partial charge in [-0.05, 0) is 52.5 Å². The molecule has 2 aromatic rings. The minimum atomic E-state index is 0.631. The van der Waals surface area contributed by atoms with Gasteiger partial charge in [0.2, 0.25) is 0 Å². The Balaban J connectivity index is 1.66. The first-order chi connectivity index (χ1) is 9.15. The van der Waals surface area contributed by atoms with Crippen LogP contribution in [-0.2, 0) is 6.54 Å². The number of hydrogen-bond donors (Lipinski definition) is 1. The van der Waals surface area contributed by atoms with Crippen molar-refractivity contribution in [3.8, 4) is 0 Å². The molecule has 0 radical (unpaired) electrons. The quantitative estimate of drug-likeness (QED) is 0.802. The highest BCUT2D eigenvalue weighted by atomic mass is 79.9. The van der Waals surface area contributed by atoms with Gasteiger partial charge in [0.25, 0.3) is 0 Å². The lowest BCUT2D eigenvalue weighted by Gasteiger charge is -2.07. The topological polar surface area (TPSA) is 25.2 Å². The van der Waals surface area contributed by atoms with Crippen molar-refractivity contribution >= 4 is 33.2 Å². The summed E-state index contributed by atoms with van der Waals surface area (Å²) in [6, 6.07) is 9.91. The minimum Gasteiger partial charge on any atom is -0.464 e. The number of nitrogens with one attached hydrogen (secondary N) is 1. The van der Waals surface area contributed by atoms with E-state index in [1.165, 1.54) is 6.42 Å². The van der Waals surface area contributed by atoms with E-state index in [9.17, 15) is 0 Å². The molecule has 1 aromatic carbocycles. The average molecular weight is 341 g/mol. The Bertz CT molecular complexity index is 596. The molecule has 2 unspecified atom stereocenters. The van der Waals surface area contributed by atoms with Gasteiger partial charge in [0.1, 0.15) is 11.5 Å². The Morgan fingerprint density at radius 2 is 2.16 bits per heavy atom. The van der Waals surface area contributed by atoms with Crippen molar-refractivity contribution in [3.63, 3.8) is 0 Å². The van der Waals surface area contributed by atoms with Gasteiger partial charge in [-0.3, -0.25) is 0 Å². The van der Waals surface area contributed by atoms with Gasteiger partial charge in [0.15, 0.2) is 0 Å². The Kier molecular flexibility index (Phi) is 3.59. The van der Waals surface area contributed by atoms with Crippen LogP contribution in [0.3, 0.4) is 0 Å². The van der Waals surface area contributed by atoms with E-state index in [0.29, 0.717) is 17.5 Å². The summed E-state index contributed by atoms with van der Waals surface area (Å²) in [5, 5.41) is 4.03. The number of rotatable bonds is 4. The number of hydrogen-bond acceptors (Lipinski definition) is 2. The number of halogens is 2. The van der Waals surface area contributed by atoms with Crippen LogP contribution in [0.15, 0.2) is 39.2 Å². The van der Waals surface area contributed by atoms with E-state index in [2.05, 4.69) is 34.2 Å². The van der Waals surface area contributed by atoms with Crippen molar-refractivity contribution in [2.45, 2.75) is 25.8 Å². The summed E-state index contributed by atoms with van der Waals surface area (Å²) in [6.07, 6.45) is 1.25. The lowest BCUT2D eigenvalue weighted by molar-refractivity contribution is 0.468. The zero-order valence-corrected chi connectivity index (χ0v) is 13.0. The molecule has 1 aliphatic carbocycles. The van der Waals surface area contributed by atoms with Crippen LogP contribution in [0.2, 0.25) is 5.02 Å². The predicted molar refractivity (Wildman–Crippen MR) is 81.7 cm³/mol. The highest BCUT2D eigenvalue weighted by Crippen LogP contribution is 2.47. The molecule has 2 nitrogen and oxygen atoms in total. The molecule has 0 amide bonds. The molecule has 4 heteroatoms. The van der Waals surface area contributed by atoms with Crippen LogP contribution in [0.5, 0.6) is 0 Å². The van der Waals surface area contributed by atoms with Crippen LogP contribution in [0, 0.1) is 5.92 Å². The maximum atomic E-state index is 6.06. The third-order valence-corrected chi connectivity index (χ3v) is 4.96. The molecule has 100 valence electrons. The van der Waals surface area contributed by atoms with Gasteiger partial charge >= 0.3 is 0 Å². The maximum Gasteiger partial charge on any atom is 0.123 e. The summed E-state index contributed by atoms with van der Waals surface area (Å²) < 4.78 is 6.75. The molecule has 1 N–H and O–H groups in total. The zero-order chi connectivity index (χ0) is 13.4. The first-order valence-corrected chi connectivity index (χ1v) is 7.58. The molecule has 0 spiro atoms. The number of benzene rings is 1.